The third-order valence-corrected chi connectivity index (χ3v) is 6.89. The van der Waals surface area contributed by atoms with Crippen molar-refractivity contribution in [3.63, 3.8) is 0 Å². The minimum Gasteiger partial charge on any atom is -0.354 e. The zero-order chi connectivity index (χ0) is 19.0. The summed E-state index contributed by atoms with van der Waals surface area (Å²) in [6.07, 6.45) is 3.02. The first-order chi connectivity index (χ1) is 13.0. The van der Waals surface area contributed by atoms with Crippen LogP contribution in [-0.4, -0.2) is 53.7 Å². The molecule has 27 heavy (non-hydrogen) atoms. The van der Waals surface area contributed by atoms with E-state index in [2.05, 4.69) is 29.1 Å². The van der Waals surface area contributed by atoms with Crippen molar-refractivity contribution in [3.05, 3.63) is 48.3 Å². The molecule has 0 spiro atoms. The van der Waals surface area contributed by atoms with E-state index in [1.807, 2.05) is 25.1 Å². The summed E-state index contributed by atoms with van der Waals surface area (Å²) in [4.78, 5) is 7.18. The number of hydrogen-bond acceptors (Lipinski definition) is 5. The fourth-order valence-corrected chi connectivity index (χ4v) is 4.83. The second-order valence-electron chi connectivity index (χ2n) is 6.74. The number of piperazine rings is 1. The van der Waals surface area contributed by atoms with Crippen molar-refractivity contribution in [2.45, 2.75) is 25.3 Å². The quantitative estimate of drug-likeness (QED) is 0.689. The number of benzene rings is 1. The van der Waals surface area contributed by atoms with Gasteiger partial charge in [0.25, 0.3) is 0 Å². The van der Waals surface area contributed by atoms with E-state index in [9.17, 15) is 8.42 Å². The normalized spacial score (nSPS) is 16.1. The number of hydrogen-bond donors (Lipinski definition) is 0. The van der Waals surface area contributed by atoms with Crippen LogP contribution in [0.25, 0.3) is 10.9 Å². The standard InChI is InChI=1S/C19H23N5O2S/c1-3-23-14-16(13-20-23)27(25,26)24-10-8-22(9-11-24)19-12-15(2)17-6-4-5-7-18(17)21-19/h4-7,12-14H,3,8-11H2,1-2H3. The largest absolute Gasteiger partial charge is 0.354 e. The second-order valence-corrected chi connectivity index (χ2v) is 8.68. The topological polar surface area (TPSA) is 71.3 Å². The number of sulfonamides is 1. The van der Waals surface area contributed by atoms with E-state index in [1.165, 1.54) is 16.1 Å². The van der Waals surface area contributed by atoms with E-state index in [0.29, 0.717) is 32.7 Å². The molecule has 0 N–H and O–H groups in total. The van der Waals surface area contributed by atoms with Crippen molar-refractivity contribution >= 4 is 26.7 Å². The van der Waals surface area contributed by atoms with Crippen molar-refractivity contribution in [2.75, 3.05) is 31.1 Å². The number of pyridine rings is 1. The van der Waals surface area contributed by atoms with Gasteiger partial charge in [0, 0.05) is 44.3 Å². The number of fused-ring (bicyclic) bond motifs is 1. The summed E-state index contributed by atoms with van der Waals surface area (Å²) in [5.41, 5.74) is 2.15. The molecule has 0 unspecified atom stereocenters. The monoisotopic (exact) mass is 385 g/mol. The van der Waals surface area contributed by atoms with E-state index >= 15 is 0 Å². The molecule has 1 saturated heterocycles. The van der Waals surface area contributed by atoms with Gasteiger partial charge in [0.2, 0.25) is 10.0 Å². The van der Waals surface area contributed by atoms with Crippen molar-refractivity contribution in [2.24, 2.45) is 0 Å². The fourth-order valence-electron chi connectivity index (χ4n) is 3.45. The SMILES string of the molecule is CCn1cc(S(=O)(=O)N2CCN(c3cc(C)c4ccccc4n3)CC2)cn1. The first kappa shape index (κ1) is 17.9. The lowest BCUT2D eigenvalue weighted by molar-refractivity contribution is 0.384. The molecule has 1 aromatic carbocycles. The van der Waals surface area contributed by atoms with Gasteiger partial charge in [0.05, 0.1) is 11.7 Å². The minimum absolute atomic E-state index is 0.262. The number of para-hydroxylation sites is 1. The van der Waals surface area contributed by atoms with Crippen molar-refractivity contribution in [1.29, 1.82) is 0 Å². The Kier molecular flexibility index (Phi) is 4.61. The predicted molar refractivity (Wildman–Crippen MR) is 105 cm³/mol. The lowest BCUT2D eigenvalue weighted by Crippen LogP contribution is -2.48. The molecule has 1 aliphatic heterocycles. The average Bonchev–Trinajstić information content (AvgIpc) is 3.18. The van der Waals surface area contributed by atoms with Crippen LogP contribution in [0.2, 0.25) is 0 Å². The maximum atomic E-state index is 12.8. The van der Waals surface area contributed by atoms with Gasteiger partial charge in [-0.05, 0) is 31.5 Å². The van der Waals surface area contributed by atoms with Gasteiger partial charge in [0.1, 0.15) is 10.7 Å². The number of anilines is 1. The van der Waals surface area contributed by atoms with Crippen molar-refractivity contribution in [1.82, 2.24) is 19.1 Å². The lowest BCUT2D eigenvalue weighted by atomic mass is 10.1. The van der Waals surface area contributed by atoms with Crippen LogP contribution in [0.5, 0.6) is 0 Å². The highest BCUT2D eigenvalue weighted by Crippen LogP contribution is 2.24. The average molecular weight is 385 g/mol. The highest BCUT2D eigenvalue weighted by Gasteiger charge is 2.30. The zero-order valence-electron chi connectivity index (χ0n) is 15.5. The molecule has 1 aliphatic rings. The van der Waals surface area contributed by atoms with E-state index in [-0.39, 0.29) is 4.90 Å². The molecule has 0 radical (unpaired) electrons. The van der Waals surface area contributed by atoms with Gasteiger partial charge in [-0.2, -0.15) is 9.40 Å². The van der Waals surface area contributed by atoms with Gasteiger partial charge in [-0.3, -0.25) is 4.68 Å². The van der Waals surface area contributed by atoms with E-state index in [4.69, 9.17) is 4.98 Å². The van der Waals surface area contributed by atoms with Gasteiger partial charge in [0.15, 0.2) is 0 Å². The van der Waals surface area contributed by atoms with Crippen LogP contribution in [0.4, 0.5) is 5.82 Å². The van der Waals surface area contributed by atoms with Gasteiger partial charge in [-0.15, -0.1) is 0 Å². The summed E-state index contributed by atoms with van der Waals surface area (Å²) in [7, 11) is -3.50. The highest BCUT2D eigenvalue weighted by atomic mass is 32.2. The molecule has 0 aliphatic carbocycles. The van der Waals surface area contributed by atoms with E-state index in [0.717, 1.165) is 16.7 Å². The molecule has 0 amide bonds. The Morgan fingerprint density at radius 2 is 1.85 bits per heavy atom. The zero-order valence-corrected chi connectivity index (χ0v) is 16.4. The summed E-state index contributed by atoms with van der Waals surface area (Å²) in [6, 6.07) is 10.2. The van der Waals surface area contributed by atoms with Crippen molar-refractivity contribution in [3.8, 4) is 0 Å². The third kappa shape index (κ3) is 3.30. The third-order valence-electron chi connectivity index (χ3n) is 5.04. The molecular formula is C19H23N5O2S. The molecule has 7 nitrogen and oxygen atoms in total. The lowest BCUT2D eigenvalue weighted by Gasteiger charge is -2.34. The van der Waals surface area contributed by atoms with Gasteiger partial charge >= 0.3 is 0 Å². The first-order valence-electron chi connectivity index (χ1n) is 9.13. The van der Waals surface area contributed by atoms with Gasteiger partial charge in [-0.1, -0.05) is 18.2 Å². The maximum absolute atomic E-state index is 12.8. The number of aryl methyl sites for hydroxylation is 2. The highest BCUT2D eigenvalue weighted by molar-refractivity contribution is 7.89. The Morgan fingerprint density at radius 3 is 2.56 bits per heavy atom. The molecular weight excluding hydrogens is 362 g/mol. The summed E-state index contributed by atoms with van der Waals surface area (Å²) in [6.45, 7) is 6.77. The van der Waals surface area contributed by atoms with Crippen LogP contribution in [0.3, 0.4) is 0 Å². The summed E-state index contributed by atoms with van der Waals surface area (Å²) in [5.74, 6) is 0.905. The molecule has 0 bridgehead atoms. The number of aromatic nitrogens is 3. The molecule has 1 fully saturated rings. The van der Waals surface area contributed by atoms with E-state index in [1.54, 1.807) is 10.9 Å². The number of nitrogens with zero attached hydrogens (tertiary/aromatic N) is 5. The maximum Gasteiger partial charge on any atom is 0.246 e. The molecule has 142 valence electrons. The molecule has 0 saturated carbocycles. The summed E-state index contributed by atoms with van der Waals surface area (Å²) >= 11 is 0. The smallest absolute Gasteiger partial charge is 0.246 e. The predicted octanol–water partition coefficient (Wildman–Crippen LogP) is 2.27. The number of rotatable bonds is 4. The molecule has 8 heteroatoms. The first-order valence-corrected chi connectivity index (χ1v) is 10.6. The molecule has 0 atom stereocenters. The summed E-state index contributed by atoms with van der Waals surface area (Å²) < 4.78 is 28.8. The molecule has 4 rings (SSSR count). The van der Waals surface area contributed by atoms with Crippen molar-refractivity contribution < 1.29 is 8.42 Å². The van der Waals surface area contributed by atoms with Gasteiger partial charge in [-0.25, -0.2) is 13.4 Å². The van der Waals surface area contributed by atoms with Crippen LogP contribution in [0, 0.1) is 6.92 Å². The minimum atomic E-state index is -3.50. The van der Waals surface area contributed by atoms with Crippen LogP contribution in [0.1, 0.15) is 12.5 Å². The Hall–Kier alpha value is -2.45. The Bertz CT molecular complexity index is 1070. The fraction of sp³-hybridized carbons (Fsp3) is 0.368. The van der Waals surface area contributed by atoms with E-state index < -0.39 is 10.0 Å². The van der Waals surface area contributed by atoms with Crippen LogP contribution in [0.15, 0.2) is 47.6 Å². The van der Waals surface area contributed by atoms with Gasteiger partial charge < -0.3 is 4.90 Å². The molecule has 3 heterocycles. The Morgan fingerprint density at radius 1 is 1.11 bits per heavy atom. The molecule has 3 aromatic rings. The summed E-state index contributed by atoms with van der Waals surface area (Å²) in [5, 5.41) is 5.24. The van der Waals surface area contributed by atoms with Crippen LogP contribution < -0.4 is 4.90 Å². The van der Waals surface area contributed by atoms with Crippen LogP contribution in [-0.2, 0) is 16.6 Å². The molecule has 2 aromatic heterocycles. The van der Waals surface area contributed by atoms with Crippen LogP contribution >= 0.6 is 0 Å². The Balaban J connectivity index is 1.52. The Labute approximate surface area is 159 Å². The second kappa shape index (κ2) is 6.94.